The molecule has 0 amide bonds. The van der Waals surface area contributed by atoms with Crippen LogP contribution in [0.25, 0.3) is 0 Å². The fourth-order valence-electron chi connectivity index (χ4n) is 1.74. The smallest absolute Gasteiger partial charge is 0.259 e. The summed E-state index contributed by atoms with van der Waals surface area (Å²) in [4.78, 5) is 17.7. The third-order valence-electron chi connectivity index (χ3n) is 2.63. The van der Waals surface area contributed by atoms with E-state index in [9.17, 15) is 9.90 Å². The predicted octanol–water partition coefficient (Wildman–Crippen LogP) is 1.05. The van der Waals surface area contributed by atoms with Crippen LogP contribution in [-0.2, 0) is 6.42 Å². The molecule has 1 aromatic carbocycles. The minimum absolute atomic E-state index is 0.0991. The van der Waals surface area contributed by atoms with Gasteiger partial charge in [0.1, 0.15) is 5.75 Å². The van der Waals surface area contributed by atoms with E-state index in [1.54, 1.807) is 0 Å². The Hall–Kier alpha value is -2.50. The molecule has 0 saturated carbocycles. The van der Waals surface area contributed by atoms with Gasteiger partial charge in [0.25, 0.3) is 5.56 Å². The molecule has 1 heterocycles. The lowest BCUT2D eigenvalue weighted by molar-refractivity contribution is 0.340. The molecule has 6 heteroatoms. The van der Waals surface area contributed by atoms with Gasteiger partial charge in [-0.25, -0.2) is 0 Å². The number of nitrogens with zero attached hydrogens (tertiary/aromatic N) is 1. The lowest BCUT2D eigenvalue weighted by Crippen LogP contribution is -2.16. The number of ether oxygens (including phenoxy) is 1. The molecule has 1 aromatic heterocycles. The first-order valence-electron chi connectivity index (χ1n) is 5.89. The molecule has 0 radical (unpaired) electrons. The van der Waals surface area contributed by atoms with Crippen LogP contribution in [0.1, 0.15) is 18.1 Å². The summed E-state index contributed by atoms with van der Waals surface area (Å²) in [6, 6.07) is 7.30. The maximum absolute atomic E-state index is 11.7. The summed E-state index contributed by atoms with van der Waals surface area (Å²) in [6.07, 6.45) is 0.279. The van der Waals surface area contributed by atoms with Crippen LogP contribution in [0.2, 0.25) is 0 Å². The number of rotatable bonds is 4. The lowest BCUT2D eigenvalue weighted by Gasteiger charge is -2.06. The highest BCUT2D eigenvalue weighted by Crippen LogP contribution is 2.17. The van der Waals surface area contributed by atoms with Crippen LogP contribution >= 0.6 is 0 Å². The molecule has 0 aliphatic heterocycles. The number of nitrogens with two attached hydrogens (primary N) is 1. The monoisotopic (exact) mass is 261 g/mol. The molecule has 2 aromatic rings. The molecule has 4 N–H and O–H groups in total. The van der Waals surface area contributed by atoms with E-state index >= 15 is 0 Å². The molecule has 0 aliphatic carbocycles. The van der Waals surface area contributed by atoms with E-state index in [-0.39, 0.29) is 23.8 Å². The number of nitrogen functional groups attached to an aromatic ring is 1. The third kappa shape index (κ3) is 3.04. The van der Waals surface area contributed by atoms with Crippen LogP contribution in [0.15, 0.2) is 29.1 Å². The zero-order valence-corrected chi connectivity index (χ0v) is 10.5. The minimum atomic E-state index is -0.432. The van der Waals surface area contributed by atoms with Gasteiger partial charge in [-0.3, -0.25) is 9.78 Å². The van der Waals surface area contributed by atoms with E-state index in [1.807, 2.05) is 31.2 Å². The normalized spacial score (nSPS) is 10.4. The van der Waals surface area contributed by atoms with Crippen molar-refractivity contribution in [1.82, 2.24) is 9.97 Å². The van der Waals surface area contributed by atoms with Crippen molar-refractivity contribution in [3.8, 4) is 11.6 Å². The zero-order valence-electron chi connectivity index (χ0n) is 10.5. The van der Waals surface area contributed by atoms with Crippen molar-refractivity contribution in [2.75, 3.05) is 12.3 Å². The van der Waals surface area contributed by atoms with Crippen molar-refractivity contribution in [3.05, 3.63) is 45.7 Å². The first-order valence-corrected chi connectivity index (χ1v) is 5.89. The largest absolute Gasteiger partial charge is 0.494 e. The topological polar surface area (TPSA) is 101 Å². The average Bonchev–Trinajstić information content (AvgIpc) is 2.36. The predicted molar refractivity (Wildman–Crippen MR) is 71.4 cm³/mol. The van der Waals surface area contributed by atoms with Gasteiger partial charge in [0, 0.05) is 6.42 Å². The van der Waals surface area contributed by atoms with Crippen LogP contribution < -0.4 is 16.0 Å². The summed E-state index contributed by atoms with van der Waals surface area (Å²) in [5.74, 6) is 0.327. The lowest BCUT2D eigenvalue weighted by atomic mass is 10.1. The number of hydrogen-bond donors (Lipinski definition) is 3. The number of anilines is 1. The maximum atomic E-state index is 11.7. The van der Waals surface area contributed by atoms with Crippen LogP contribution in [0.4, 0.5) is 5.95 Å². The number of H-pyrrole nitrogens is 1. The molecular formula is C13H15N3O3. The Balaban J connectivity index is 2.24. The van der Waals surface area contributed by atoms with Crippen LogP contribution in [-0.4, -0.2) is 21.7 Å². The van der Waals surface area contributed by atoms with E-state index in [0.29, 0.717) is 6.61 Å². The molecule has 0 aliphatic rings. The number of nitrogens with one attached hydrogen (secondary N) is 1. The van der Waals surface area contributed by atoms with Gasteiger partial charge in [-0.1, -0.05) is 12.1 Å². The molecule has 100 valence electrons. The molecule has 0 atom stereocenters. The number of aromatic amines is 1. The summed E-state index contributed by atoms with van der Waals surface area (Å²) < 4.78 is 5.33. The third-order valence-corrected chi connectivity index (χ3v) is 2.63. The van der Waals surface area contributed by atoms with Gasteiger partial charge in [-0.05, 0) is 24.6 Å². The SMILES string of the molecule is CCOc1ccc(Cc2c(O)nc(N)[nH]c2=O)cc1. The van der Waals surface area contributed by atoms with E-state index in [0.717, 1.165) is 11.3 Å². The van der Waals surface area contributed by atoms with Crippen LogP contribution in [0, 0.1) is 0 Å². The number of aromatic nitrogens is 2. The van der Waals surface area contributed by atoms with Gasteiger partial charge in [0.2, 0.25) is 11.8 Å². The van der Waals surface area contributed by atoms with Gasteiger partial charge >= 0.3 is 0 Å². The quantitative estimate of drug-likeness (QED) is 0.763. The molecular weight excluding hydrogens is 246 g/mol. The molecule has 2 rings (SSSR count). The van der Waals surface area contributed by atoms with Crippen LogP contribution in [0.5, 0.6) is 11.6 Å². The highest BCUT2D eigenvalue weighted by molar-refractivity contribution is 5.35. The Morgan fingerprint density at radius 1 is 1.37 bits per heavy atom. The van der Waals surface area contributed by atoms with Crippen molar-refractivity contribution in [2.24, 2.45) is 0 Å². The van der Waals surface area contributed by atoms with Crippen LogP contribution in [0.3, 0.4) is 0 Å². The highest BCUT2D eigenvalue weighted by atomic mass is 16.5. The Morgan fingerprint density at radius 3 is 2.63 bits per heavy atom. The summed E-state index contributed by atoms with van der Waals surface area (Å²) in [7, 11) is 0. The molecule has 0 fully saturated rings. The Morgan fingerprint density at radius 2 is 2.05 bits per heavy atom. The van der Waals surface area contributed by atoms with E-state index in [4.69, 9.17) is 10.5 Å². The Labute approximate surface area is 109 Å². The van der Waals surface area contributed by atoms with Gasteiger partial charge in [0.05, 0.1) is 12.2 Å². The fraction of sp³-hybridized carbons (Fsp3) is 0.231. The summed E-state index contributed by atoms with van der Waals surface area (Å²) >= 11 is 0. The summed E-state index contributed by atoms with van der Waals surface area (Å²) in [6.45, 7) is 2.51. The van der Waals surface area contributed by atoms with Gasteiger partial charge in [-0.2, -0.15) is 4.98 Å². The molecule has 0 bridgehead atoms. The Bertz CT molecular complexity index is 620. The van der Waals surface area contributed by atoms with Crippen molar-refractivity contribution < 1.29 is 9.84 Å². The summed E-state index contributed by atoms with van der Waals surface area (Å²) in [5, 5.41) is 9.64. The second kappa shape index (κ2) is 5.43. The summed E-state index contributed by atoms with van der Waals surface area (Å²) in [5.41, 5.74) is 5.96. The van der Waals surface area contributed by atoms with Crippen molar-refractivity contribution in [1.29, 1.82) is 0 Å². The second-order valence-electron chi connectivity index (χ2n) is 4.01. The van der Waals surface area contributed by atoms with Crippen molar-refractivity contribution in [3.63, 3.8) is 0 Å². The first kappa shape index (κ1) is 12.9. The van der Waals surface area contributed by atoms with Crippen molar-refractivity contribution >= 4 is 5.95 Å². The second-order valence-corrected chi connectivity index (χ2v) is 4.01. The first-order chi connectivity index (χ1) is 9.10. The van der Waals surface area contributed by atoms with Gasteiger partial charge < -0.3 is 15.6 Å². The number of aromatic hydroxyl groups is 1. The molecule has 0 spiro atoms. The van der Waals surface area contributed by atoms with E-state index < -0.39 is 5.56 Å². The van der Waals surface area contributed by atoms with E-state index in [2.05, 4.69) is 9.97 Å². The standard InChI is InChI=1S/C13H15N3O3/c1-2-19-9-5-3-8(4-6-9)7-10-11(17)15-13(14)16-12(10)18/h3-6H,2,7H2,1H3,(H4,14,15,16,17,18). The molecule has 6 nitrogen and oxygen atoms in total. The molecule has 0 saturated heterocycles. The highest BCUT2D eigenvalue weighted by Gasteiger charge is 2.10. The average molecular weight is 261 g/mol. The van der Waals surface area contributed by atoms with Gasteiger partial charge in [0.15, 0.2) is 0 Å². The number of hydrogen-bond acceptors (Lipinski definition) is 5. The number of benzene rings is 1. The molecule has 19 heavy (non-hydrogen) atoms. The minimum Gasteiger partial charge on any atom is -0.494 e. The Kier molecular flexibility index (Phi) is 3.70. The van der Waals surface area contributed by atoms with E-state index in [1.165, 1.54) is 0 Å². The zero-order chi connectivity index (χ0) is 13.8. The molecule has 0 unspecified atom stereocenters. The van der Waals surface area contributed by atoms with Crippen molar-refractivity contribution in [2.45, 2.75) is 13.3 Å². The maximum Gasteiger partial charge on any atom is 0.259 e. The fourth-order valence-corrected chi connectivity index (χ4v) is 1.74. The van der Waals surface area contributed by atoms with Gasteiger partial charge in [-0.15, -0.1) is 0 Å².